The molecular formula is C26H23FN4O2. The largest absolute Gasteiger partial charge is 0.378 e. The molecule has 166 valence electrons. The summed E-state index contributed by atoms with van der Waals surface area (Å²) in [4.78, 5) is 14.8. The highest BCUT2D eigenvalue weighted by atomic mass is 19.1. The second-order valence-electron chi connectivity index (χ2n) is 7.85. The van der Waals surface area contributed by atoms with Crippen LogP contribution in [0.1, 0.15) is 29.2 Å². The summed E-state index contributed by atoms with van der Waals surface area (Å²) in [6.45, 7) is 0.959. The second kappa shape index (κ2) is 10.4. The number of halogens is 1. The number of hydrogen-bond donors (Lipinski definition) is 2. The van der Waals surface area contributed by atoms with E-state index in [1.54, 1.807) is 24.3 Å². The van der Waals surface area contributed by atoms with Crippen LogP contribution in [0, 0.1) is 22.7 Å². The zero-order chi connectivity index (χ0) is 23.8. The molecular weight excluding hydrogens is 419 g/mol. The monoisotopic (exact) mass is 442 g/mol. The van der Waals surface area contributed by atoms with Crippen LogP contribution in [-0.4, -0.2) is 23.2 Å². The number of aliphatic hydroxyl groups is 1. The Bertz CT molecular complexity index is 1200. The Balaban J connectivity index is 1.83. The molecule has 2 N–H and O–H groups in total. The van der Waals surface area contributed by atoms with Gasteiger partial charge < -0.3 is 15.3 Å². The fraction of sp³-hybridized carbons (Fsp3) is 0.192. The number of anilines is 2. The van der Waals surface area contributed by atoms with E-state index in [1.807, 2.05) is 41.3 Å². The highest BCUT2D eigenvalue weighted by Gasteiger charge is 2.33. The van der Waals surface area contributed by atoms with Gasteiger partial charge in [-0.15, -0.1) is 0 Å². The number of nitriles is 2. The fourth-order valence-electron chi connectivity index (χ4n) is 3.39. The molecule has 3 aromatic rings. The Hall–Kier alpha value is -4.20. The molecule has 1 atom stereocenters. The van der Waals surface area contributed by atoms with Crippen LogP contribution in [0.25, 0.3) is 0 Å². The van der Waals surface area contributed by atoms with E-state index in [2.05, 4.69) is 11.4 Å². The van der Waals surface area contributed by atoms with E-state index < -0.39 is 18.2 Å². The number of carbonyl (C=O) groups excluding carboxylic acids is 1. The van der Waals surface area contributed by atoms with Crippen molar-refractivity contribution in [2.24, 2.45) is 0 Å². The van der Waals surface area contributed by atoms with Crippen molar-refractivity contribution in [2.45, 2.75) is 25.7 Å². The Labute approximate surface area is 192 Å². The normalized spacial score (nSPS) is 12.2. The summed E-state index contributed by atoms with van der Waals surface area (Å²) in [5.74, 6) is -0.663. The maximum atomic E-state index is 13.2. The average Bonchev–Trinajstić information content (AvgIpc) is 2.84. The van der Waals surface area contributed by atoms with Crippen molar-refractivity contribution in [1.29, 1.82) is 10.5 Å². The van der Waals surface area contributed by atoms with Gasteiger partial charge in [0.25, 0.3) is 5.91 Å². The minimum Gasteiger partial charge on any atom is -0.378 e. The zero-order valence-corrected chi connectivity index (χ0v) is 18.1. The first-order valence-corrected chi connectivity index (χ1v) is 10.3. The standard InChI is InChI=1S/C26H23FN4O2/c1-26(33,25(32)30-23-10-9-21(16-29)22(13-23)14-27)18-31(17-20-5-3-2-4-6-20)24-11-7-19(15-28)8-12-24/h2-13,33H,14,17-18H2,1H3,(H,30,32)/t26-/m0/s1. The summed E-state index contributed by atoms with van der Waals surface area (Å²) in [6.07, 6.45) is 0. The van der Waals surface area contributed by atoms with Crippen molar-refractivity contribution in [3.8, 4) is 12.1 Å². The molecule has 7 heteroatoms. The number of benzene rings is 3. The lowest BCUT2D eigenvalue weighted by atomic mass is 10.0. The van der Waals surface area contributed by atoms with Crippen LogP contribution >= 0.6 is 0 Å². The number of rotatable bonds is 8. The predicted molar refractivity (Wildman–Crippen MR) is 124 cm³/mol. The van der Waals surface area contributed by atoms with Crippen LogP contribution in [0.4, 0.5) is 15.8 Å². The number of carbonyl (C=O) groups is 1. The smallest absolute Gasteiger partial charge is 0.257 e. The van der Waals surface area contributed by atoms with Gasteiger partial charge in [0.1, 0.15) is 6.67 Å². The lowest BCUT2D eigenvalue weighted by Gasteiger charge is -2.32. The molecule has 0 spiro atoms. The van der Waals surface area contributed by atoms with E-state index in [0.717, 1.165) is 11.3 Å². The van der Waals surface area contributed by atoms with Crippen LogP contribution in [0.5, 0.6) is 0 Å². The summed E-state index contributed by atoms with van der Waals surface area (Å²) in [7, 11) is 0. The Morgan fingerprint density at radius 2 is 1.76 bits per heavy atom. The molecule has 0 saturated carbocycles. The third-order valence-electron chi connectivity index (χ3n) is 5.19. The molecule has 0 aliphatic carbocycles. The van der Waals surface area contributed by atoms with Gasteiger partial charge in [0, 0.05) is 23.5 Å². The van der Waals surface area contributed by atoms with Gasteiger partial charge >= 0.3 is 0 Å². The van der Waals surface area contributed by atoms with Gasteiger partial charge in [0.05, 0.1) is 29.8 Å². The van der Waals surface area contributed by atoms with Gasteiger partial charge in [0.15, 0.2) is 5.60 Å². The number of amides is 1. The molecule has 33 heavy (non-hydrogen) atoms. The summed E-state index contributed by atoms with van der Waals surface area (Å²) >= 11 is 0. The average molecular weight is 442 g/mol. The van der Waals surface area contributed by atoms with Gasteiger partial charge in [-0.05, 0) is 55.0 Å². The first-order valence-electron chi connectivity index (χ1n) is 10.3. The maximum absolute atomic E-state index is 13.2. The molecule has 6 nitrogen and oxygen atoms in total. The van der Waals surface area contributed by atoms with E-state index >= 15 is 0 Å². The second-order valence-corrected chi connectivity index (χ2v) is 7.85. The zero-order valence-electron chi connectivity index (χ0n) is 18.1. The van der Waals surface area contributed by atoms with E-state index in [0.29, 0.717) is 17.8 Å². The Morgan fingerprint density at radius 3 is 2.36 bits per heavy atom. The fourth-order valence-corrected chi connectivity index (χ4v) is 3.39. The minimum absolute atomic E-state index is 0.0358. The molecule has 0 aromatic heterocycles. The lowest BCUT2D eigenvalue weighted by molar-refractivity contribution is -0.131. The summed E-state index contributed by atoms with van der Waals surface area (Å²) in [5, 5.41) is 31.8. The van der Waals surface area contributed by atoms with E-state index in [1.165, 1.54) is 25.1 Å². The molecule has 0 radical (unpaired) electrons. The minimum atomic E-state index is -1.80. The summed E-state index contributed by atoms with van der Waals surface area (Å²) < 4.78 is 13.2. The molecule has 0 saturated heterocycles. The van der Waals surface area contributed by atoms with Crippen molar-refractivity contribution in [2.75, 3.05) is 16.8 Å². The number of alkyl halides is 1. The molecule has 3 aromatic carbocycles. The molecule has 0 fully saturated rings. The molecule has 0 aliphatic rings. The highest BCUT2D eigenvalue weighted by molar-refractivity contribution is 5.97. The quantitative estimate of drug-likeness (QED) is 0.542. The van der Waals surface area contributed by atoms with Crippen molar-refractivity contribution in [3.63, 3.8) is 0 Å². The third-order valence-corrected chi connectivity index (χ3v) is 5.19. The predicted octanol–water partition coefficient (Wildman–Crippen LogP) is 4.30. The van der Waals surface area contributed by atoms with Gasteiger partial charge in [-0.3, -0.25) is 4.79 Å². The van der Waals surface area contributed by atoms with Crippen molar-refractivity contribution in [3.05, 3.63) is 95.1 Å². The lowest BCUT2D eigenvalue weighted by Crippen LogP contribution is -2.49. The van der Waals surface area contributed by atoms with Gasteiger partial charge in [-0.1, -0.05) is 30.3 Å². The Morgan fingerprint density at radius 1 is 1.06 bits per heavy atom. The maximum Gasteiger partial charge on any atom is 0.257 e. The molecule has 0 bridgehead atoms. The van der Waals surface area contributed by atoms with Gasteiger partial charge in [-0.2, -0.15) is 10.5 Å². The SMILES string of the molecule is C[C@](O)(CN(Cc1ccccc1)c1ccc(C#N)cc1)C(=O)Nc1ccc(C#N)c(CF)c1. The Kier molecular flexibility index (Phi) is 7.40. The topological polar surface area (TPSA) is 100 Å². The number of nitrogens with one attached hydrogen (secondary N) is 1. The molecule has 0 aliphatic heterocycles. The summed E-state index contributed by atoms with van der Waals surface area (Å²) in [6, 6.07) is 24.8. The van der Waals surface area contributed by atoms with E-state index in [4.69, 9.17) is 10.5 Å². The van der Waals surface area contributed by atoms with Crippen molar-refractivity contribution < 1.29 is 14.3 Å². The highest BCUT2D eigenvalue weighted by Crippen LogP contribution is 2.23. The van der Waals surface area contributed by atoms with Crippen LogP contribution in [0.2, 0.25) is 0 Å². The van der Waals surface area contributed by atoms with Crippen LogP contribution < -0.4 is 10.2 Å². The summed E-state index contributed by atoms with van der Waals surface area (Å²) in [5.41, 5.74) is 1.08. The molecule has 0 heterocycles. The van der Waals surface area contributed by atoms with Crippen LogP contribution in [0.15, 0.2) is 72.8 Å². The van der Waals surface area contributed by atoms with Gasteiger partial charge in [-0.25, -0.2) is 4.39 Å². The van der Waals surface area contributed by atoms with Crippen molar-refractivity contribution >= 4 is 17.3 Å². The first kappa shape index (κ1) is 23.5. The third kappa shape index (κ3) is 5.94. The van der Waals surface area contributed by atoms with E-state index in [9.17, 15) is 14.3 Å². The van der Waals surface area contributed by atoms with E-state index in [-0.39, 0.29) is 17.7 Å². The van der Waals surface area contributed by atoms with Gasteiger partial charge in [0.2, 0.25) is 0 Å². The molecule has 3 rings (SSSR count). The number of hydrogen-bond acceptors (Lipinski definition) is 5. The van der Waals surface area contributed by atoms with Crippen molar-refractivity contribution in [1.82, 2.24) is 0 Å². The number of nitrogens with zero attached hydrogens (tertiary/aromatic N) is 3. The first-order chi connectivity index (χ1) is 15.9. The van der Waals surface area contributed by atoms with Crippen LogP contribution in [0.3, 0.4) is 0 Å². The molecule has 1 amide bonds. The van der Waals surface area contributed by atoms with Crippen LogP contribution in [-0.2, 0) is 18.0 Å². The molecule has 0 unspecified atom stereocenters.